The van der Waals surface area contributed by atoms with E-state index in [1.807, 2.05) is 31.2 Å². The summed E-state index contributed by atoms with van der Waals surface area (Å²) in [5.41, 5.74) is 2.43. The molecule has 0 heterocycles. The lowest BCUT2D eigenvalue weighted by molar-refractivity contribution is 0.885. The Morgan fingerprint density at radius 2 is 1.79 bits per heavy atom. The molecular formula is C15H12Cl2N2. The molecule has 2 nitrogen and oxygen atoms in total. The van der Waals surface area contributed by atoms with Crippen LogP contribution in [-0.2, 0) is 0 Å². The predicted molar refractivity (Wildman–Crippen MR) is 79.7 cm³/mol. The zero-order valence-corrected chi connectivity index (χ0v) is 11.8. The van der Waals surface area contributed by atoms with Gasteiger partial charge in [-0.15, -0.1) is 0 Å². The number of nitrogens with zero attached hydrogens (tertiary/aromatic N) is 1. The van der Waals surface area contributed by atoms with E-state index in [4.69, 9.17) is 28.5 Å². The van der Waals surface area contributed by atoms with E-state index >= 15 is 0 Å². The SMILES string of the molecule is CC(Nc1cc(C#N)ccc1Cl)c1ccc(Cl)cc1. The molecule has 1 atom stereocenters. The highest BCUT2D eigenvalue weighted by Gasteiger charge is 2.08. The molecule has 0 bridgehead atoms. The van der Waals surface area contributed by atoms with Crippen molar-refractivity contribution in [3.63, 3.8) is 0 Å². The van der Waals surface area contributed by atoms with Gasteiger partial charge in [-0.05, 0) is 42.8 Å². The van der Waals surface area contributed by atoms with Crippen molar-refractivity contribution in [1.82, 2.24) is 0 Å². The molecule has 4 heteroatoms. The van der Waals surface area contributed by atoms with E-state index < -0.39 is 0 Å². The molecule has 2 rings (SSSR count). The van der Waals surface area contributed by atoms with E-state index in [1.165, 1.54) is 0 Å². The Morgan fingerprint density at radius 1 is 1.11 bits per heavy atom. The van der Waals surface area contributed by atoms with Crippen molar-refractivity contribution >= 4 is 28.9 Å². The number of anilines is 1. The Hall–Kier alpha value is -1.69. The zero-order valence-electron chi connectivity index (χ0n) is 10.3. The minimum Gasteiger partial charge on any atom is -0.377 e. The second-order valence-corrected chi connectivity index (χ2v) is 5.07. The highest BCUT2D eigenvalue weighted by Crippen LogP contribution is 2.27. The van der Waals surface area contributed by atoms with Crippen LogP contribution in [0.4, 0.5) is 5.69 Å². The third-order valence-corrected chi connectivity index (χ3v) is 3.42. The summed E-state index contributed by atoms with van der Waals surface area (Å²) in [4.78, 5) is 0. The standard InChI is InChI=1S/C15H12Cl2N2/c1-10(12-3-5-13(16)6-4-12)19-15-8-11(9-18)2-7-14(15)17/h2-8,10,19H,1H3. The summed E-state index contributed by atoms with van der Waals surface area (Å²) in [6.45, 7) is 2.03. The molecule has 1 N–H and O–H groups in total. The van der Waals surface area contributed by atoms with Gasteiger partial charge in [-0.3, -0.25) is 0 Å². The maximum atomic E-state index is 8.90. The summed E-state index contributed by atoms with van der Waals surface area (Å²) >= 11 is 12.0. The second kappa shape index (κ2) is 5.97. The van der Waals surface area contributed by atoms with Crippen molar-refractivity contribution in [2.45, 2.75) is 13.0 Å². The summed E-state index contributed by atoms with van der Waals surface area (Å²) in [6, 6.07) is 15.0. The van der Waals surface area contributed by atoms with Crippen LogP contribution < -0.4 is 5.32 Å². The molecule has 0 aromatic heterocycles. The van der Waals surface area contributed by atoms with Crippen LogP contribution in [0.25, 0.3) is 0 Å². The third kappa shape index (κ3) is 3.41. The lowest BCUT2D eigenvalue weighted by atomic mass is 10.1. The van der Waals surface area contributed by atoms with Crippen molar-refractivity contribution in [3.8, 4) is 6.07 Å². The fourth-order valence-electron chi connectivity index (χ4n) is 1.77. The fraction of sp³-hybridized carbons (Fsp3) is 0.133. The van der Waals surface area contributed by atoms with E-state index in [-0.39, 0.29) is 6.04 Å². The lowest BCUT2D eigenvalue weighted by Crippen LogP contribution is -2.07. The molecule has 19 heavy (non-hydrogen) atoms. The first kappa shape index (κ1) is 13.7. The van der Waals surface area contributed by atoms with Gasteiger partial charge < -0.3 is 5.32 Å². The molecule has 1 unspecified atom stereocenters. The summed E-state index contributed by atoms with van der Waals surface area (Å²) in [7, 11) is 0. The number of nitriles is 1. The number of halogens is 2. The van der Waals surface area contributed by atoms with Crippen LogP contribution in [0.15, 0.2) is 42.5 Å². The van der Waals surface area contributed by atoms with Gasteiger partial charge in [0.15, 0.2) is 0 Å². The quantitative estimate of drug-likeness (QED) is 0.860. The average molecular weight is 291 g/mol. The van der Waals surface area contributed by atoms with E-state index in [0.29, 0.717) is 15.6 Å². The highest BCUT2D eigenvalue weighted by molar-refractivity contribution is 6.33. The van der Waals surface area contributed by atoms with E-state index in [0.717, 1.165) is 11.3 Å². The number of benzene rings is 2. The molecule has 0 aliphatic heterocycles. The Kier molecular flexibility index (Phi) is 4.31. The number of hydrogen-bond donors (Lipinski definition) is 1. The fourth-order valence-corrected chi connectivity index (χ4v) is 2.07. The van der Waals surface area contributed by atoms with Crippen molar-refractivity contribution in [1.29, 1.82) is 5.26 Å². The van der Waals surface area contributed by atoms with E-state index in [9.17, 15) is 0 Å². The average Bonchev–Trinajstić information content (AvgIpc) is 2.42. The summed E-state index contributed by atoms with van der Waals surface area (Å²) in [5.74, 6) is 0. The van der Waals surface area contributed by atoms with Crippen molar-refractivity contribution in [2.75, 3.05) is 5.32 Å². The smallest absolute Gasteiger partial charge is 0.0992 e. The van der Waals surface area contributed by atoms with Crippen molar-refractivity contribution < 1.29 is 0 Å². The maximum Gasteiger partial charge on any atom is 0.0992 e. The van der Waals surface area contributed by atoms with E-state index in [1.54, 1.807) is 18.2 Å². The number of rotatable bonds is 3. The predicted octanol–water partition coefficient (Wildman–Crippen LogP) is 5.04. The Labute approximate surface area is 122 Å². The van der Waals surface area contributed by atoms with Crippen LogP contribution in [0.5, 0.6) is 0 Å². The summed E-state index contributed by atoms with van der Waals surface area (Å²) in [5, 5.41) is 13.5. The second-order valence-electron chi connectivity index (χ2n) is 4.22. The van der Waals surface area contributed by atoms with Gasteiger partial charge in [0.25, 0.3) is 0 Å². The van der Waals surface area contributed by atoms with Crippen LogP contribution in [0.3, 0.4) is 0 Å². The van der Waals surface area contributed by atoms with Gasteiger partial charge >= 0.3 is 0 Å². The third-order valence-electron chi connectivity index (χ3n) is 2.84. The Morgan fingerprint density at radius 3 is 2.42 bits per heavy atom. The lowest BCUT2D eigenvalue weighted by Gasteiger charge is -2.17. The first-order valence-corrected chi connectivity index (χ1v) is 6.57. The van der Waals surface area contributed by atoms with E-state index in [2.05, 4.69) is 11.4 Å². The van der Waals surface area contributed by atoms with Crippen molar-refractivity contribution in [2.24, 2.45) is 0 Å². The van der Waals surface area contributed by atoms with Crippen LogP contribution in [0.2, 0.25) is 10.0 Å². The number of nitrogens with one attached hydrogen (secondary N) is 1. The first-order chi connectivity index (χ1) is 9.10. The van der Waals surface area contributed by atoms with Crippen LogP contribution >= 0.6 is 23.2 Å². The van der Waals surface area contributed by atoms with Gasteiger partial charge in [0.2, 0.25) is 0 Å². The molecular weight excluding hydrogens is 279 g/mol. The molecule has 0 aliphatic rings. The highest BCUT2D eigenvalue weighted by atomic mass is 35.5. The normalized spacial score (nSPS) is 11.7. The van der Waals surface area contributed by atoms with Crippen molar-refractivity contribution in [3.05, 3.63) is 63.6 Å². The minimum atomic E-state index is 0.0729. The van der Waals surface area contributed by atoms with Crippen LogP contribution in [0.1, 0.15) is 24.1 Å². The van der Waals surface area contributed by atoms with Gasteiger partial charge in [0, 0.05) is 11.1 Å². The molecule has 0 spiro atoms. The Balaban J connectivity index is 2.21. The monoisotopic (exact) mass is 290 g/mol. The summed E-state index contributed by atoms with van der Waals surface area (Å²) < 4.78 is 0. The molecule has 2 aromatic rings. The topological polar surface area (TPSA) is 35.8 Å². The molecule has 0 radical (unpaired) electrons. The van der Waals surface area contributed by atoms with Crippen LogP contribution in [-0.4, -0.2) is 0 Å². The molecule has 0 aliphatic carbocycles. The molecule has 0 saturated carbocycles. The van der Waals surface area contributed by atoms with Crippen LogP contribution in [0, 0.1) is 11.3 Å². The van der Waals surface area contributed by atoms with Gasteiger partial charge in [-0.25, -0.2) is 0 Å². The Bertz CT molecular complexity index is 615. The van der Waals surface area contributed by atoms with Gasteiger partial charge in [0.1, 0.15) is 0 Å². The summed E-state index contributed by atoms with van der Waals surface area (Å²) in [6.07, 6.45) is 0. The number of hydrogen-bond acceptors (Lipinski definition) is 2. The molecule has 0 amide bonds. The molecule has 96 valence electrons. The molecule has 0 fully saturated rings. The largest absolute Gasteiger partial charge is 0.377 e. The maximum absolute atomic E-state index is 8.90. The zero-order chi connectivity index (χ0) is 13.8. The first-order valence-electron chi connectivity index (χ1n) is 5.82. The van der Waals surface area contributed by atoms with Gasteiger partial charge in [-0.1, -0.05) is 35.3 Å². The van der Waals surface area contributed by atoms with Gasteiger partial charge in [0.05, 0.1) is 22.3 Å². The minimum absolute atomic E-state index is 0.0729. The molecule has 2 aromatic carbocycles. The molecule has 0 saturated heterocycles. The van der Waals surface area contributed by atoms with Gasteiger partial charge in [-0.2, -0.15) is 5.26 Å².